The SMILES string of the molecule is C=Cc1cc(F)c(C2c3ccc(C)cc3C[C@@H](C)N2CC(F)F)c(F)c1. The van der Waals surface area contributed by atoms with Crippen LogP contribution in [-0.2, 0) is 6.42 Å². The van der Waals surface area contributed by atoms with Gasteiger partial charge in [0.15, 0.2) is 0 Å². The number of benzene rings is 2. The van der Waals surface area contributed by atoms with E-state index in [1.807, 2.05) is 26.0 Å². The van der Waals surface area contributed by atoms with Crippen molar-refractivity contribution in [2.45, 2.75) is 38.8 Å². The topological polar surface area (TPSA) is 3.24 Å². The number of hydrogen-bond donors (Lipinski definition) is 0. The summed E-state index contributed by atoms with van der Waals surface area (Å²) in [6.07, 6.45) is -0.674. The molecule has 0 aromatic heterocycles. The van der Waals surface area contributed by atoms with Gasteiger partial charge >= 0.3 is 0 Å². The number of alkyl halides is 2. The Morgan fingerprint density at radius 1 is 1.19 bits per heavy atom. The van der Waals surface area contributed by atoms with Crippen LogP contribution in [0.1, 0.15) is 40.8 Å². The van der Waals surface area contributed by atoms with Crippen molar-refractivity contribution in [3.63, 3.8) is 0 Å². The van der Waals surface area contributed by atoms with Crippen LogP contribution in [0.3, 0.4) is 0 Å². The van der Waals surface area contributed by atoms with Crippen LogP contribution in [-0.4, -0.2) is 23.9 Å². The molecule has 0 amide bonds. The minimum Gasteiger partial charge on any atom is -0.283 e. The third-order valence-electron chi connectivity index (χ3n) is 4.97. The van der Waals surface area contributed by atoms with Crippen LogP contribution < -0.4 is 0 Å². The molecule has 2 atom stereocenters. The molecule has 1 unspecified atom stereocenters. The second kappa shape index (κ2) is 7.23. The minimum absolute atomic E-state index is 0.187. The summed E-state index contributed by atoms with van der Waals surface area (Å²) in [5.41, 5.74) is 2.78. The van der Waals surface area contributed by atoms with E-state index in [2.05, 4.69) is 6.58 Å². The molecule has 0 radical (unpaired) electrons. The summed E-state index contributed by atoms with van der Waals surface area (Å²) in [5, 5.41) is 0. The Kier molecular flexibility index (Phi) is 5.19. The Balaban J connectivity index is 2.22. The van der Waals surface area contributed by atoms with Crippen molar-refractivity contribution < 1.29 is 17.6 Å². The van der Waals surface area contributed by atoms with Gasteiger partial charge in [0.1, 0.15) is 11.6 Å². The van der Waals surface area contributed by atoms with Crippen molar-refractivity contribution in [3.8, 4) is 0 Å². The quantitative estimate of drug-likeness (QED) is 0.647. The summed E-state index contributed by atoms with van der Waals surface area (Å²) >= 11 is 0. The monoisotopic (exact) mass is 363 g/mol. The lowest BCUT2D eigenvalue weighted by atomic mass is 9.83. The summed E-state index contributed by atoms with van der Waals surface area (Å²) in [7, 11) is 0. The summed E-state index contributed by atoms with van der Waals surface area (Å²) < 4.78 is 56.0. The van der Waals surface area contributed by atoms with E-state index >= 15 is 0 Å². The Morgan fingerprint density at radius 3 is 2.42 bits per heavy atom. The van der Waals surface area contributed by atoms with Crippen LogP contribution in [0.5, 0.6) is 0 Å². The lowest BCUT2D eigenvalue weighted by molar-refractivity contribution is 0.0445. The van der Waals surface area contributed by atoms with E-state index in [4.69, 9.17) is 0 Å². The Labute approximate surface area is 150 Å². The molecule has 0 spiro atoms. The smallest absolute Gasteiger partial charge is 0.251 e. The Hall–Kier alpha value is -2.14. The van der Waals surface area contributed by atoms with Gasteiger partial charge in [-0.25, -0.2) is 17.6 Å². The fourth-order valence-electron chi connectivity index (χ4n) is 3.80. The van der Waals surface area contributed by atoms with E-state index in [-0.39, 0.29) is 11.6 Å². The number of hydrogen-bond acceptors (Lipinski definition) is 1. The predicted octanol–water partition coefficient (Wildman–Crippen LogP) is 5.52. The van der Waals surface area contributed by atoms with Crippen LogP contribution in [0.15, 0.2) is 36.9 Å². The van der Waals surface area contributed by atoms with Gasteiger partial charge in [-0.3, -0.25) is 4.90 Å². The van der Waals surface area contributed by atoms with E-state index in [1.165, 1.54) is 23.1 Å². The second-order valence-electron chi connectivity index (χ2n) is 6.85. The molecular formula is C21H21F4N. The number of halogens is 4. The molecule has 138 valence electrons. The zero-order chi connectivity index (χ0) is 19.0. The van der Waals surface area contributed by atoms with Crippen LogP contribution in [0, 0.1) is 18.6 Å². The van der Waals surface area contributed by atoms with Crippen molar-refractivity contribution in [3.05, 3.63) is 76.4 Å². The number of fused-ring (bicyclic) bond motifs is 1. The largest absolute Gasteiger partial charge is 0.283 e. The molecule has 1 aliphatic rings. The molecule has 2 aromatic carbocycles. The molecule has 0 aliphatic carbocycles. The van der Waals surface area contributed by atoms with Crippen LogP contribution in [0.4, 0.5) is 17.6 Å². The van der Waals surface area contributed by atoms with Crippen molar-refractivity contribution in [2.24, 2.45) is 0 Å². The molecule has 0 N–H and O–H groups in total. The molecule has 1 nitrogen and oxygen atoms in total. The van der Waals surface area contributed by atoms with Crippen molar-refractivity contribution in [1.29, 1.82) is 0 Å². The van der Waals surface area contributed by atoms with Gasteiger partial charge < -0.3 is 0 Å². The molecule has 2 aromatic rings. The summed E-state index contributed by atoms with van der Waals surface area (Å²) in [6.45, 7) is 6.73. The second-order valence-corrected chi connectivity index (χ2v) is 6.85. The van der Waals surface area contributed by atoms with Crippen molar-refractivity contribution >= 4 is 6.08 Å². The van der Waals surface area contributed by atoms with Crippen LogP contribution >= 0.6 is 0 Å². The van der Waals surface area contributed by atoms with E-state index in [9.17, 15) is 17.6 Å². The van der Waals surface area contributed by atoms with Crippen LogP contribution in [0.25, 0.3) is 6.08 Å². The summed E-state index contributed by atoms with van der Waals surface area (Å²) in [5.74, 6) is -1.49. The van der Waals surface area contributed by atoms with E-state index in [0.717, 1.165) is 11.1 Å². The molecule has 1 heterocycles. The molecule has 0 fully saturated rings. The van der Waals surface area contributed by atoms with E-state index < -0.39 is 30.6 Å². The number of nitrogens with zero attached hydrogens (tertiary/aromatic N) is 1. The average molecular weight is 363 g/mol. The number of rotatable bonds is 4. The first kappa shape index (κ1) is 18.6. The van der Waals surface area contributed by atoms with Gasteiger partial charge in [-0.05, 0) is 49.1 Å². The van der Waals surface area contributed by atoms with E-state index in [0.29, 0.717) is 17.5 Å². The third-order valence-corrected chi connectivity index (χ3v) is 4.97. The zero-order valence-electron chi connectivity index (χ0n) is 14.8. The lowest BCUT2D eigenvalue weighted by Gasteiger charge is -2.42. The molecule has 26 heavy (non-hydrogen) atoms. The molecule has 3 rings (SSSR count). The van der Waals surface area contributed by atoms with Gasteiger partial charge in [0, 0.05) is 11.6 Å². The summed E-state index contributed by atoms with van der Waals surface area (Å²) in [6, 6.07) is 6.84. The Morgan fingerprint density at radius 2 is 1.85 bits per heavy atom. The third kappa shape index (κ3) is 3.40. The fourth-order valence-corrected chi connectivity index (χ4v) is 3.80. The standard InChI is InChI=1S/C21H21F4N/c1-4-14-9-17(22)20(18(23)10-14)21-16-6-5-12(2)7-15(16)8-13(3)26(21)11-19(24)25/h4-7,9-10,13,19,21H,1,8,11H2,2-3H3/t13-,21?/m1/s1. The summed E-state index contributed by atoms with van der Waals surface area (Å²) in [4.78, 5) is 1.50. The predicted molar refractivity (Wildman–Crippen MR) is 95.3 cm³/mol. The highest BCUT2D eigenvalue weighted by atomic mass is 19.3. The molecule has 0 saturated carbocycles. The highest BCUT2D eigenvalue weighted by Gasteiger charge is 2.37. The van der Waals surface area contributed by atoms with Gasteiger partial charge in [0.05, 0.1) is 12.6 Å². The highest BCUT2D eigenvalue weighted by molar-refractivity contribution is 5.50. The van der Waals surface area contributed by atoms with Gasteiger partial charge in [-0.2, -0.15) is 0 Å². The minimum atomic E-state index is -2.59. The van der Waals surface area contributed by atoms with Gasteiger partial charge in [0.25, 0.3) is 6.43 Å². The van der Waals surface area contributed by atoms with Crippen molar-refractivity contribution in [2.75, 3.05) is 6.54 Å². The average Bonchev–Trinajstić information content (AvgIpc) is 2.56. The molecule has 5 heteroatoms. The highest BCUT2D eigenvalue weighted by Crippen LogP contribution is 2.40. The Bertz CT molecular complexity index is 808. The fraction of sp³-hybridized carbons (Fsp3) is 0.333. The first-order valence-electron chi connectivity index (χ1n) is 8.56. The van der Waals surface area contributed by atoms with E-state index in [1.54, 1.807) is 6.07 Å². The normalized spacial score (nSPS) is 20.3. The first-order valence-corrected chi connectivity index (χ1v) is 8.56. The zero-order valence-corrected chi connectivity index (χ0v) is 14.8. The first-order chi connectivity index (χ1) is 12.3. The molecule has 1 aliphatic heterocycles. The number of aryl methyl sites for hydroxylation is 1. The maximum Gasteiger partial charge on any atom is 0.251 e. The van der Waals surface area contributed by atoms with Crippen molar-refractivity contribution in [1.82, 2.24) is 4.90 Å². The van der Waals surface area contributed by atoms with Gasteiger partial charge in [0.2, 0.25) is 0 Å². The molecule has 0 bridgehead atoms. The van der Waals surface area contributed by atoms with Gasteiger partial charge in [-0.1, -0.05) is 36.4 Å². The maximum absolute atomic E-state index is 14.8. The maximum atomic E-state index is 14.8. The van der Waals surface area contributed by atoms with Gasteiger partial charge in [-0.15, -0.1) is 0 Å². The molecule has 0 saturated heterocycles. The van der Waals surface area contributed by atoms with Crippen LogP contribution in [0.2, 0.25) is 0 Å². The molecular weight excluding hydrogens is 342 g/mol. The lowest BCUT2D eigenvalue weighted by Crippen LogP contribution is -2.45.